The van der Waals surface area contributed by atoms with Gasteiger partial charge in [-0.3, -0.25) is 0 Å². The van der Waals surface area contributed by atoms with Crippen molar-refractivity contribution in [1.29, 1.82) is 0 Å². The first kappa shape index (κ1) is 8.33. The summed E-state index contributed by atoms with van der Waals surface area (Å²) in [6, 6.07) is 0.152. The lowest BCUT2D eigenvalue weighted by Gasteiger charge is -2.22. The van der Waals surface area contributed by atoms with E-state index < -0.39 is 11.7 Å². The van der Waals surface area contributed by atoms with Crippen LogP contribution in [0.15, 0.2) is 0 Å². The minimum Gasteiger partial charge on any atom is -0.443 e. The van der Waals surface area contributed by atoms with Crippen molar-refractivity contribution >= 4 is 6.09 Å². The van der Waals surface area contributed by atoms with Crippen LogP contribution in [0.25, 0.3) is 0 Å². The van der Waals surface area contributed by atoms with Gasteiger partial charge in [0.05, 0.1) is 0 Å². The maximum absolute atomic E-state index is 10.4. The lowest BCUT2D eigenvalue weighted by molar-refractivity contribution is 0.0359. The quantitative estimate of drug-likeness (QED) is 0.578. The van der Waals surface area contributed by atoms with E-state index in [2.05, 4.69) is 0 Å². The Bertz CT molecular complexity index is 172. The molecule has 0 aromatic carbocycles. The maximum atomic E-state index is 10.4. The highest BCUT2D eigenvalue weighted by atomic mass is 16.6. The topological polar surface area (TPSA) is 78.3 Å². The Morgan fingerprint density at radius 2 is 2.36 bits per heavy atom. The molecular formula is C7H14N2O2. The van der Waals surface area contributed by atoms with Gasteiger partial charge in [-0.15, -0.1) is 0 Å². The van der Waals surface area contributed by atoms with Gasteiger partial charge in [0.2, 0.25) is 0 Å². The van der Waals surface area contributed by atoms with Crippen LogP contribution in [0.2, 0.25) is 0 Å². The van der Waals surface area contributed by atoms with Crippen LogP contribution in [0.1, 0.15) is 26.2 Å². The average Bonchev–Trinajstić information content (AvgIpc) is 2.08. The van der Waals surface area contributed by atoms with Crippen LogP contribution in [0.4, 0.5) is 4.79 Å². The Labute approximate surface area is 65.9 Å². The molecule has 11 heavy (non-hydrogen) atoms. The number of nitrogens with two attached hydrogens (primary N) is 2. The fourth-order valence-corrected chi connectivity index (χ4v) is 1.59. The van der Waals surface area contributed by atoms with Gasteiger partial charge in [0.25, 0.3) is 0 Å². The third kappa shape index (κ3) is 2.08. The largest absolute Gasteiger partial charge is 0.443 e. The van der Waals surface area contributed by atoms with E-state index in [4.69, 9.17) is 16.2 Å². The number of rotatable bonds is 1. The fraction of sp³-hybridized carbons (Fsp3) is 0.857. The highest BCUT2D eigenvalue weighted by Crippen LogP contribution is 2.31. The zero-order valence-electron chi connectivity index (χ0n) is 6.67. The van der Waals surface area contributed by atoms with E-state index in [1.54, 1.807) is 0 Å². The molecule has 0 aromatic rings. The molecule has 0 radical (unpaired) electrons. The molecule has 1 saturated carbocycles. The number of carbonyl (C=O) groups excluding carboxylic acids is 1. The first-order valence-corrected chi connectivity index (χ1v) is 3.76. The standard InChI is InChI=1S/C7H14N2O2/c1-7(11-6(9)10)3-2-5(8)4-7/h5H,2-4,8H2,1H3,(H2,9,10). The highest BCUT2D eigenvalue weighted by Gasteiger charge is 2.36. The molecule has 64 valence electrons. The van der Waals surface area contributed by atoms with Gasteiger partial charge in [0.1, 0.15) is 5.60 Å². The van der Waals surface area contributed by atoms with Crippen molar-refractivity contribution in [1.82, 2.24) is 0 Å². The summed E-state index contributed by atoms with van der Waals surface area (Å²) in [4.78, 5) is 10.4. The highest BCUT2D eigenvalue weighted by molar-refractivity contribution is 5.65. The number of hydrogen-bond acceptors (Lipinski definition) is 3. The van der Waals surface area contributed by atoms with Crippen LogP contribution in [0.5, 0.6) is 0 Å². The van der Waals surface area contributed by atoms with E-state index in [-0.39, 0.29) is 6.04 Å². The summed E-state index contributed by atoms with van der Waals surface area (Å²) < 4.78 is 4.93. The van der Waals surface area contributed by atoms with Gasteiger partial charge in [-0.25, -0.2) is 4.79 Å². The number of amides is 1. The van der Waals surface area contributed by atoms with Gasteiger partial charge in [-0.05, 0) is 19.8 Å². The van der Waals surface area contributed by atoms with Crippen molar-refractivity contribution in [2.75, 3.05) is 0 Å². The van der Waals surface area contributed by atoms with E-state index >= 15 is 0 Å². The molecule has 0 saturated heterocycles. The lowest BCUT2D eigenvalue weighted by atomic mass is 10.1. The van der Waals surface area contributed by atoms with Crippen LogP contribution >= 0.6 is 0 Å². The molecule has 1 aliphatic rings. The second-order valence-electron chi connectivity index (χ2n) is 3.37. The summed E-state index contributed by atoms with van der Waals surface area (Å²) in [7, 11) is 0. The first-order chi connectivity index (χ1) is 5.02. The van der Waals surface area contributed by atoms with Gasteiger partial charge in [0, 0.05) is 12.5 Å². The molecule has 0 spiro atoms. The molecule has 2 atom stereocenters. The summed E-state index contributed by atoms with van der Waals surface area (Å²) in [5, 5.41) is 0. The number of primary amides is 1. The van der Waals surface area contributed by atoms with Crippen molar-refractivity contribution < 1.29 is 9.53 Å². The third-order valence-corrected chi connectivity index (χ3v) is 2.08. The summed E-state index contributed by atoms with van der Waals surface area (Å²) >= 11 is 0. The van der Waals surface area contributed by atoms with Crippen LogP contribution in [-0.4, -0.2) is 17.7 Å². The minimum absolute atomic E-state index is 0.152. The Morgan fingerprint density at radius 3 is 2.73 bits per heavy atom. The average molecular weight is 158 g/mol. The molecular weight excluding hydrogens is 144 g/mol. The van der Waals surface area contributed by atoms with Crippen molar-refractivity contribution in [2.45, 2.75) is 37.8 Å². The van der Waals surface area contributed by atoms with Crippen molar-refractivity contribution in [3.8, 4) is 0 Å². The predicted octanol–water partition coefficient (Wildman–Crippen LogP) is 0.352. The Morgan fingerprint density at radius 1 is 1.73 bits per heavy atom. The molecule has 1 amide bonds. The zero-order chi connectivity index (χ0) is 8.48. The molecule has 1 rings (SSSR count). The summed E-state index contributed by atoms with van der Waals surface area (Å²) in [6.07, 6.45) is 1.73. The van der Waals surface area contributed by atoms with E-state index in [1.807, 2.05) is 6.92 Å². The maximum Gasteiger partial charge on any atom is 0.405 e. The molecule has 4 N–H and O–H groups in total. The Balaban J connectivity index is 2.48. The minimum atomic E-state index is -0.707. The van der Waals surface area contributed by atoms with Gasteiger partial charge < -0.3 is 16.2 Å². The first-order valence-electron chi connectivity index (χ1n) is 3.76. The van der Waals surface area contributed by atoms with Crippen molar-refractivity contribution in [3.05, 3.63) is 0 Å². The van der Waals surface area contributed by atoms with E-state index in [0.29, 0.717) is 0 Å². The lowest BCUT2D eigenvalue weighted by Crippen LogP contribution is -2.33. The molecule has 0 aliphatic heterocycles. The molecule has 0 aromatic heterocycles. The molecule has 4 heteroatoms. The summed E-state index contributed by atoms with van der Waals surface area (Å²) in [5.74, 6) is 0. The van der Waals surface area contributed by atoms with Crippen LogP contribution in [-0.2, 0) is 4.74 Å². The fourth-order valence-electron chi connectivity index (χ4n) is 1.59. The van der Waals surface area contributed by atoms with E-state index in [0.717, 1.165) is 19.3 Å². The SMILES string of the molecule is CC1(OC(N)=O)CCC(N)C1. The number of hydrogen-bond donors (Lipinski definition) is 2. The molecule has 2 unspecified atom stereocenters. The zero-order valence-corrected chi connectivity index (χ0v) is 6.67. The second kappa shape index (κ2) is 2.70. The van der Waals surface area contributed by atoms with E-state index in [9.17, 15) is 4.79 Å². The smallest absolute Gasteiger partial charge is 0.405 e. The second-order valence-corrected chi connectivity index (χ2v) is 3.37. The van der Waals surface area contributed by atoms with Gasteiger partial charge in [-0.2, -0.15) is 0 Å². The summed E-state index contributed by atoms with van der Waals surface area (Å²) in [6.45, 7) is 1.87. The van der Waals surface area contributed by atoms with Crippen molar-refractivity contribution in [3.63, 3.8) is 0 Å². The monoisotopic (exact) mass is 158 g/mol. The number of carbonyl (C=O) groups is 1. The van der Waals surface area contributed by atoms with Gasteiger partial charge in [-0.1, -0.05) is 0 Å². The number of ether oxygens (including phenoxy) is 1. The molecule has 1 aliphatic carbocycles. The predicted molar refractivity (Wildman–Crippen MR) is 40.9 cm³/mol. The van der Waals surface area contributed by atoms with Crippen LogP contribution < -0.4 is 11.5 Å². The molecule has 0 heterocycles. The summed E-state index contributed by atoms with van der Waals surface area (Å²) in [5.41, 5.74) is 10.1. The Kier molecular flexibility index (Phi) is 2.04. The molecule has 4 nitrogen and oxygen atoms in total. The normalized spacial score (nSPS) is 37.1. The molecule has 0 bridgehead atoms. The van der Waals surface area contributed by atoms with Crippen LogP contribution in [0.3, 0.4) is 0 Å². The van der Waals surface area contributed by atoms with Gasteiger partial charge in [0.15, 0.2) is 0 Å². The van der Waals surface area contributed by atoms with E-state index in [1.165, 1.54) is 0 Å². The van der Waals surface area contributed by atoms with Gasteiger partial charge >= 0.3 is 6.09 Å². The Hall–Kier alpha value is -0.770. The van der Waals surface area contributed by atoms with Crippen molar-refractivity contribution in [2.24, 2.45) is 11.5 Å². The van der Waals surface area contributed by atoms with Crippen LogP contribution in [0, 0.1) is 0 Å². The molecule has 1 fully saturated rings. The third-order valence-electron chi connectivity index (χ3n) is 2.08.